The van der Waals surface area contributed by atoms with Crippen LogP contribution in [0.5, 0.6) is 0 Å². The first-order chi connectivity index (χ1) is 7.54. The number of carboxylic acid groups (broad SMARTS) is 1. The maximum absolute atomic E-state index is 11.1. The summed E-state index contributed by atoms with van der Waals surface area (Å²) in [5.41, 5.74) is 4.88. The van der Waals surface area contributed by atoms with Gasteiger partial charge in [0.15, 0.2) is 0 Å². The van der Waals surface area contributed by atoms with Crippen LogP contribution in [0.15, 0.2) is 24.3 Å². The zero-order valence-corrected chi connectivity index (χ0v) is 8.93. The summed E-state index contributed by atoms with van der Waals surface area (Å²) in [6.07, 6.45) is -0.141. The molecule has 0 unspecified atom stereocenters. The Bertz CT molecular complexity index is 385. The smallest absolute Gasteiger partial charge is 0.337 e. The molecule has 1 atom stereocenters. The molecule has 3 N–H and O–H groups in total. The van der Waals surface area contributed by atoms with Crippen LogP contribution in [0.1, 0.15) is 28.4 Å². The number of esters is 1. The molecule has 0 radical (unpaired) electrons. The molecule has 0 aliphatic heterocycles. The van der Waals surface area contributed by atoms with Gasteiger partial charge in [0.2, 0.25) is 0 Å². The number of hydrogen-bond acceptors (Lipinski definition) is 4. The summed E-state index contributed by atoms with van der Waals surface area (Å²) in [6.45, 7) is 0. The second kappa shape index (κ2) is 5.27. The number of carboxylic acids is 1. The van der Waals surface area contributed by atoms with Crippen LogP contribution in [0.2, 0.25) is 0 Å². The fraction of sp³-hybridized carbons (Fsp3) is 0.273. The number of methoxy groups -OCH3 is 1. The van der Waals surface area contributed by atoms with Crippen LogP contribution in [0, 0.1) is 0 Å². The number of rotatable bonds is 4. The lowest BCUT2D eigenvalue weighted by atomic mass is 10.0. The summed E-state index contributed by atoms with van der Waals surface area (Å²) < 4.78 is 4.54. The number of hydrogen-bond donors (Lipinski definition) is 1. The van der Waals surface area contributed by atoms with E-state index < -0.39 is 11.9 Å². The molecule has 0 aliphatic carbocycles. The van der Waals surface area contributed by atoms with Gasteiger partial charge in [0.25, 0.3) is 0 Å². The Morgan fingerprint density at radius 2 is 1.94 bits per heavy atom. The monoisotopic (exact) mass is 223 g/mol. The van der Waals surface area contributed by atoms with E-state index in [1.54, 1.807) is 24.3 Å². The van der Waals surface area contributed by atoms with Crippen LogP contribution in [0.25, 0.3) is 0 Å². The quantitative estimate of drug-likeness (QED) is 0.655. The van der Waals surface area contributed by atoms with Gasteiger partial charge in [0.1, 0.15) is 6.04 Å². The van der Waals surface area contributed by atoms with Crippen LogP contribution in [0.3, 0.4) is 0 Å². The van der Waals surface area contributed by atoms with E-state index in [9.17, 15) is 14.7 Å². The molecule has 5 nitrogen and oxygen atoms in total. The first-order valence-electron chi connectivity index (χ1n) is 4.75. The lowest BCUT2D eigenvalue weighted by Gasteiger charge is -2.09. The minimum absolute atomic E-state index is 0.141. The van der Waals surface area contributed by atoms with E-state index in [1.807, 2.05) is 0 Å². The third-order valence-electron chi connectivity index (χ3n) is 2.22. The highest BCUT2D eigenvalue weighted by molar-refractivity contribution is 5.89. The Labute approximate surface area is 92.8 Å². The molecule has 0 aliphatic rings. The average molecular weight is 223 g/mol. The molecule has 0 fully saturated rings. The minimum atomic E-state index is -1.14. The van der Waals surface area contributed by atoms with Gasteiger partial charge < -0.3 is 20.4 Å². The van der Waals surface area contributed by atoms with Gasteiger partial charge in [-0.3, -0.25) is 0 Å². The van der Waals surface area contributed by atoms with E-state index in [4.69, 9.17) is 0 Å². The molecule has 0 spiro atoms. The maximum atomic E-state index is 11.1. The van der Waals surface area contributed by atoms with Crippen molar-refractivity contribution in [2.24, 2.45) is 0 Å². The topological polar surface area (TPSA) is 94.1 Å². The second-order valence-corrected chi connectivity index (χ2v) is 3.39. The third-order valence-corrected chi connectivity index (χ3v) is 2.22. The Morgan fingerprint density at radius 1 is 1.38 bits per heavy atom. The Morgan fingerprint density at radius 3 is 2.38 bits per heavy atom. The molecule has 0 saturated carbocycles. The normalized spacial score (nSPS) is 11.9. The average Bonchev–Trinajstić information content (AvgIpc) is 2.27. The largest absolute Gasteiger partial charge is 0.550 e. The van der Waals surface area contributed by atoms with E-state index in [0.29, 0.717) is 5.56 Å². The lowest BCUT2D eigenvalue weighted by molar-refractivity contribution is -0.430. The number of ether oxygens (including phenoxy) is 1. The van der Waals surface area contributed by atoms with E-state index in [2.05, 4.69) is 10.5 Å². The predicted octanol–water partition coefficient (Wildman–Crippen LogP) is -1.10. The molecule has 0 aromatic heterocycles. The van der Waals surface area contributed by atoms with Gasteiger partial charge in [0, 0.05) is 18.0 Å². The van der Waals surface area contributed by atoms with E-state index in [0.717, 1.165) is 5.56 Å². The van der Waals surface area contributed by atoms with Gasteiger partial charge in [-0.25, -0.2) is 4.79 Å². The van der Waals surface area contributed by atoms with E-state index in [1.165, 1.54) is 7.11 Å². The molecule has 0 saturated heterocycles. The predicted molar refractivity (Wildman–Crippen MR) is 53.0 cm³/mol. The molecule has 16 heavy (non-hydrogen) atoms. The number of carbonyl (C=O) groups excluding carboxylic acids is 2. The summed E-state index contributed by atoms with van der Waals surface area (Å²) in [5, 5.41) is 10.4. The number of carbonyl (C=O) groups is 2. The summed E-state index contributed by atoms with van der Waals surface area (Å²) >= 11 is 0. The number of benzene rings is 1. The molecule has 5 heteroatoms. The number of quaternary nitrogens is 1. The first-order valence-corrected chi connectivity index (χ1v) is 4.75. The molecular formula is C11H13NO4. The molecule has 0 heterocycles. The Kier molecular flexibility index (Phi) is 4.02. The standard InChI is InChI=1S/C11H13NO4/c1-16-11(15)8-4-2-7(3-5-8)9(12)6-10(13)14/h2-5,9H,6,12H2,1H3,(H,13,14)/t9-/m0/s1. The van der Waals surface area contributed by atoms with Crippen LogP contribution in [0.4, 0.5) is 0 Å². The van der Waals surface area contributed by atoms with Gasteiger partial charge in [-0.05, 0) is 12.1 Å². The van der Waals surface area contributed by atoms with Gasteiger partial charge in [0.05, 0.1) is 12.7 Å². The molecular weight excluding hydrogens is 210 g/mol. The van der Waals surface area contributed by atoms with Crippen molar-refractivity contribution >= 4 is 11.9 Å². The summed E-state index contributed by atoms with van der Waals surface area (Å²) in [4.78, 5) is 21.5. The van der Waals surface area contributed by atoms with E-state index in [-0.39, 0.29) is 12.5 Å². The van der Waals surface area contributed by atoms with Crippen molar-refractivity contribution in [1.82, 2.24) is 0 Å². The lowest BCUT2D eigenvalue weighted by Crippen LogP contribution is -2.55. The zero-order chi connectivity index (χ0) is 12.1. The van der Waals surface area contributed by atoms with E-state index >= 15 is 0 Å². The highest BCUT2D eigenvalue weighted by Gasteiger charge is 2.11. The fourth-order valence-corrected chi connectivity index (χ4v) is 1.33. The SMILES string of the molecule is COC(=O)c1ccc([C@@H]([NH3+])CC(=O)[O-])cc1. The van der Waals surface area contributed by atoms with Gasteiger partial charge in [-0.1, -0.05) is 12.1 Å². The summed E-state index contributed by atoms with van der Waals surface area (Å²) in [6, 6.07) is 6.10. The van der Waals surface area contributed by atoms with Crippen LogP contribution in [-0.4, -0.2) is 19.0 Å². The third kappa shape index (κ3) is 3.06. The van der Waals surface area contributed by atoms with Gasteiger partial charge in [-0.15, -0.1) is 0 Å². The molecule has 86 valence electrons. The molecule has 1 rings (SSSR count). The van der Waals surface area contributed by atoms with Gasteiger partial charge in [-0.2, -0.15) is 0 Å². The highest BCUT2D eigenvalue weighted by atomic mass is 16.5. The van der Waals surface area contributed by atoms with Crippen LogP contribution < -0.4 is 10.8 Å². The molecule has 0 bridgehead atoms. The highest BCUT2D eigenvalue weighted by Crippen LogP contribution is 2.13. The van der Waals surface area contributed by atoms with Crippen LogP contribution >= 0.6 is 0 Å². The summed E-state index contributed by atoms with van der Waals surface area (Å²) in [5.74, 6) is -1.57. The van der Waals surface area contributed by atoms with Crippen LogP contribution in [-0.2, 0) is 9.53 Å². The Balaban J connectivity index is 2.78. The van der Waals surface area contributed by atoms with Crippen molar-refractivity contribution in [3.63, 3.8) is 0 Å². The van der Waals surface area contributed by atoms with Crippen molar-refractivity contribution in [3.8, 4) is 0 Å². The first kappa shape index (κ1) is 12.2. The molecule has 1 aromatic carbocycles. The minimum Gasteiger partial charge on any atom is -0.550 e. The van der Waals surface area contributed by atoms with Crippen molar-refractivity contribution in [1.29, 1.82) is 0 Å². The second-order valence-electron chi connectivity index (χ2n) is 3.39. The van der Waals surface area contributed by atoms with Crippen molar-refractivity contribution in [3.05, 3.63) is 35.4 Å². The zero-order valence-electron chi connectivity index (χ0n) is 8.93. The van der Waals surface area contributed by atoms with Gasteiger partial charge >= 0.3 is 5.97 Å². The Hall–Kier alpha value is -1.88. The van der Waals surface area contributed by atoms with Crippen molar-refractivity contribution in [2.75, 3.05) is 7.11 Å². The number of aliphatic carboxylic acids is 1. The maximum Gasteiger partial charge on any atom is 0.337 e. The van der Waals surface area contributed by atoms with Crippen molar-refractivity contribution < 1.29 is 25.2 Å². The summed E-state index contributed by atoms with van der Waals surface area (Å²) in [7, 11) is 1.30. The fourth-order valence-electron chi connectivity index (χ4n) is 1.33. The van der Waals surface area contributed by atoms with Crippen molar-refractivity contribution in [2.45, 2.75) is 12.5 Å². The molecule has 1 aromatic rings. The molecule has 0 amide bonds.